The first-order valence-corrected chi connectivity index (χ1v) is 6.28. The van der Waals surface area contributed by atoms with Crippen LogP contribution in [0, 0.1) is 9.39 Å². The Morgan fingerprint density at radius 2 is 2.12 bits per heavy atom. The number of nitrogens with one attached hydrogen (secondary N) is 1. The van der Waals surface area contributed by atoms with Crippen LogP contribution in [-0.4, -0.2) is 10.8 Å². The zero-order valence-electron chi connectivity index (χ0n) is 8.44. The van der Waals surface area contributed by atoms with Gasteiger partial charge < -0.3 is 4.98 Å². The number of benzene rings is 1. The predicted octanol–water partition coefficient (Wildman–Crippen LogP) is 3.43. The van der Waals surface area contributed by atoms with Crippen molar-refractivity contribution in [2.75, 3.05) is 0 Å². The Balaban J connectivity index is 2.40. The molecule has 0 fully saturated rings. The zero-order valence-corrected chi connectivity index (χ0v) is 10.6. The lowest BCUT2D eigenvalue weighted by Gasteiger charge is -2.09. The summed E-state index contributed by atoms with van der Waals surface area (Å²) in [5.74, 6) is -0.0900. The number of rotatable bonds is 0. The summed E-state index contributed by atoms with van der Waals surface area (Å²) >= 11 is 1.98. The van der Waals surface area contributed by atoms with Gasteiger partial charge in [-0.3, -0.25) is 4.79 Å². The van der Waals surface area contributed by atoms with Crippen molar-refractivity contribution in [1.82, 2.24) is 4.98 Å². The first-order valence-electron chi connectivity index (χ1n) is 5.20. The van der Waals surface area contributed by atoms with Crippen LogP contribution in [0.3, 0.4) is 0 Å². The van der Waals surface area contributed by atoms with Gasteiger partial charge in [0.2, 0.25) is 0 Å². The van der Waals surface area contributed by atoms with Crippen LogP contribution in [-0.2, 0) is 6.42 Å². The smallest absolute Gasteiger partial charge is 0.179 e. The number of carbonyl (C=O) groups is 1. The number of hydrogen-bond acceptors (Lipinski definition) is 1. The van der Waals surface area contributed by atoms with Gasteiger partial charge in [-0.25, -0.2) is 4.39 Å². The summed E-state index contributed by atoms with van der Waals surface area (Å²) in [4.78, 5) is 14.8. The number of aromatic amines is 1. The molecule has 0 bridgehead atoms. The van der Waals surface area contributed by atoms with Gasteiger partial charge in [0, 0.05) is 11.8 Å². The molecule has 0 spiro atoms. The number of carbonyl (C=O) groups excluding carboxylic acids is 1. The Morgan fingerprint density at radius 1 is 1.31 bits per heavy atom. The average Bonchev–Trinajstić information content (AvgIpc) is 2.65. The molecular weight excluding hydrogens is 320 g/mol. The van der Waals surface area contributed by atoms with Crippen molar-refractivity contribution in [1.29, 1.82) is 0 Å². The van der Waals surface area contributed by atoms with Gasteiger partial charge in [0.1, 0.15) is 5.82 Å². The van der Waals surface area contributed by atoms with E-state index >= 15 is 0 Å². The Bertz CT molecular complexity index is 603. The molecule has 0 saturated heterocycles. The number of hydrogen-bond donors (Lipinski definition) is 1. The van der Waals surface area contributed by atoms with Gasteiger partial charge in [-0.2, -0.15) is 0 Å². The predicted molar refractivity (Wildman–Crippen MR) is 68.2 cm³/mol. The van der Waals surface area contributed by atoms with E-state index in [0.29, 0.717) is 15.7 Å². The first-order chi connectivity index (χ1) is 7.68. The summed E-state index contributed by atoms with van der Waals surface area (Å²) in [6, 6.07) is 3.23. The van der Waals surface area contributed by atoms with E-state index in [-0.39, 0.29) is 11.6 Å². The quantitative estimate of drug-likeness (QED) is 0.738. The van der Waals surface area contributed by atoms with Gasteiger partial charge in [0.15, 0.2) is 5.78 Å². The fraction of sp³-hybridized carbons (Fsp3) is 0.250. The molecule has 1 aliphatic rings. The average molecular weight is 329 g/mol. The van der Waals surface area contributed by atoms with E-state index in [1.54, 1.807) is 6.07 Å². The molecule has 16 heavy (non-hydrogen) atoms. The molecule has 0 aliphatic heterocycles. The fourth-order valence-electron chi connectivity index (χ4n) is 2.31. The van der Waals surface area contributed by atoms with Crippen molar-refractivity contribution in [3.63, 3.8) is 0 Å². The maximum absolute atomic E-state index is 13.4. The summed E-state index contributed by atoms with van der Waals surface area (Å²) < 4.78 is 14.0. The summed E-state index contributed by atoms with van der Waals surface area (Å²) in [5, 5.41) is 0.994. The second-order valence-electron chi connectivity index (χ2n) is 4.04. The minimum absolute atomic E-state index is 0.147. The lowest BCUT2D eigenvalue weighted by molar-refractivity contribution is 0.0968. The molecule has 2 nitrogen and oxygen atoms in total. The van der Waals surface area contributed by atoms with Gasteiger partial charge >= 0.3 is 0 Å². The SMILES string of the molecule is O=C1CCCc2c1[nH]c1c(I)c(F)ccc21. The zero-order chi connectivity index (χ0) is 11.3. The maximum Gasteiger partial charge on any atom is 0.179 e. The molecule has 1 heterocycles. The highest BCUT2D eigenvalue weighted by molar-refractivity contribution is 14.1. The van der Waals surface area contributed by atoms with Gasteiger partial charge in [-0.1, -0.05) is 0 Å². The number of aryl methyl sites for hydroxylation is 1. The first kappa shape index (κ1) is 10.3. The number of Topliss-reactive ketones (excluding diaryl/α,β-unsaturated/α-hetero) is 1. The van der Waals surface area contributed by atoms with E-state index in [9.17, 15) is 9.18 Å². The van der Waals surface area contributed by atoms with E-state index in [2.05, 4.69) is 4.98 Å². The van der Waals surface area contributed by atoms with Crippen LogP contribution in [0.5, 0.6) is 0 Å². The van der Waals surface area contributed by atoms with Crippen LogP contribution < -0.4 is 0 Å². The minimum Gasteiger partial charge on any atom is -0.351 e. The molecule has 0 amide bonds. The number of ketones is 1. The molecule has 0 unspecified atom stereocenters. The van der Waals surface area contributed by atoms with E-state index in [1.165, 1.54) is 6.07 Å². The summed E-state index contributed by atoms with van der Waals surface area (Å²) in [6.07, 6.45) is 2.40. The lowest BCUT2D eigenvalue weighted by atomic mass is 9.95. The number of halogens is 2. The van der Waals surface area contributed by atoms with Crippen molar-refractivity contribution >= 4 is 39.3 Å². The molecule has 82 valence electrons. The highest BCUT2D eigenvalue weighted by Gasteiger charge is 2.23. The molecule has 2 aromatic rings. The van der Waals surface area contributed by atoms with Gasteiger partial charge in [-0.05, 0) is 53.1 Å². The highest BCUT2D eigenvalue weighted by atomic mass is 127. The fourth-order valence-corrected chi connectivity index (χ4v) is 2.91. The Morgan fingerprint density at radius 3 is 2.94 bits per heavy atom. The number of H-pyrrole nitrogens is 1. The molecule has 4 heteroatoms. The van der Waals surface area contributed by atoms with Crippen LogP contribution >= 0.6 is 22.6 Å². The Labute approximate surface area is 105 Å². The highest BCUT2D eigenvalue weighted by Crippen LogP contribution is 2.32. The van der Waals surface area contributed by atoms with Gasteiger partial charge in [-0.15, -0.1) is 0 Å². The van der Waals surface area contributed by atoms with Crippen LogP contribution in [0.25, 0.3) is 10.9 Å². The number of fused-ring (bicyclic) bond motifs is 3. The Kier molecular flexibility index (Phi) is 2.27. The van der Waals surface area contributed by atoms with Crippen LogP contribution in [0.2, 0.25) is 0 Å². The standard InChI is InChI=1S/C12H9FINO/c13-8-5-4-7-6-2-1-3-9(16)11(6)15-12(7)10(8)14/h4-5,15H,1-3H2. The molecule has 0 saturated carbocycles. The molecule has 1 aromatic heterocycles. The van der Waals surface area contributed by atoms with Crippen molar-refractivity contribution in [3.8, 4) is 0 Å². The number of aromatic nitrogens is 1. The summed E-state index contributed by atoms with van der Waals surface area (Å²) in [7, 11) is 0. The molecule has 0 radical (unpaired) electrons. The van der Waals surface area contributed by atoms with Crippen LogP contribution in [0.4, 0.5) is 4.39 Å². The van der Waals surface area contributed by atoms with Crippen LogP contribution in [0.15, 0.2) is 12.1 Å². The molecule has 1 N–H and O–H groups in total. The molecule has 0 atom stereocenters. The maximum atomic E-state index is 13.4. The largest absolute Gasteiger partial charge is 0.351 e. The van der Waals surface area contributed by atoms with Crippen LogP contribution in [0.1, 0.15) is 28.9 Å². The van der Waals surface area contributed by atoms with Gasteiger partial charge in [0.25, 0.3) is 0 Å². The third-order valence-corrected chi connectivity index (χ3v) is 4.14. The van der Waals surface area contributed by atoms with E-state index in [1.807, 2.05) is 22.6 Å². The normalized spacial score (nSPS) is 15.5. The van der Waals surface area contributed by atoms with Crippen molar-refractivity contribution in [3.05, 3.63) is 32.8 Å². The summed E-state index contributed by atoms with van der Waals surface area (Å²) in [5.41, 5.74) is 2.51. The third kappa shape index (κ3) is 1.32. The Hall–Kier alpha value is -0.910. The molecule has 1 aromatic carbocycles. The van der Waals surface area contributed by atoms with Gasteiger partial charge in [0.05, 0.1) is 14.8 Å². The van der Waals surface area contributed by atoms with E-state index in [4.69, 9.17) is 0 Å². The molecular formula is C12H9FINO. The lowest BCUT2D eigenvalue weighted by Crippen LogP contribution is -2.09. The molecule has 1 aliphatic carbocycles. The second kappa shape index (κ2) is 3.55. The van der Waals surface area contributed by atoms with E-state index < -0.39 is 0 Å². The van der Waals surface area contributed by atoms with E-state index in [0.717, 1.165) is 29.3 Å². The summed E-state index contributed by atoms with van der Waals surface area (Å²) in [6.45, 7) is 0. The minimum atomic E-state index is -0.237. The topological polar surface area (TPSA) is 32.9 Å². The third-order valence-electron chi connectivity index (χ3n) is 3.08. The van der Waals surface area contributed by atoms with Crippen molar-refractivity contribution in [2.45, 2.75) is 19.3 Å². The monoisotopic (exact) mass is 329 g/mol. The van der Waals surface area contributed by atoms with Crippen molar-refractivity contribution < 1.29 is 9.18 Å². The van der Waals surface area contributed by atoms with Crippen molar-refractivity contribution in [2.24, 2.45) is 0 Å². The molecule has 3 rings (SSSR count). The second-order valence-corrected chi connectivity index (χ2v) is 5.12.